The van der Waals surface area contributed by atoms with Gasteiger partial charge in [-0.1, -0.05) is 18.5 Å². The molecule has 1 aliphatic heterocycles. The predicted molar refractivity (Wildman–Crippen MR) is 116 cm³/mol. The third-order valence-electron chi connectivity index (χ3n) is 5.71. The number of hydrogen-bond donors (Lipinski definition) is 3. The summed E-state index contributed by atoms with van der Waals surface area (Å²) < 4.78 is 16.8. The molecular weight excluding hydrogens is 436 g/mol. The first kappa shape index (κ1) is 22.8. The Hall–Kier alpha value is -1.87. The number of benzene rings is 1. The van der Waals surface area contributed by atoms with Crippen LogP contribution >= 0.6 is 24.0 Å². The zero-order chi connectivity index (χ0) is 20.9. The van der Waals surface area contributed by atoms with E-state index in [4.69, 9.17) is 11.6 Å². The summed E-state index contributed by atoms with van der Waals surface area (Å²) in [5, 5.41) is 23.3. The molecule has 1 aromatic heterocycles. The number of nitrogens with one attached hydrogen (secondary N) is 1. The highest BCUT2D eigenvalue weighted by Crippen LogP contribution is 2.43. The van der Waals surface area contributed by atoms with Gasteiger partial charge >= 0.3 is 5.97 Å². The van der Waals surface area contributed by atoms with Crippen LogP contribution in [-0.2, 0) is 0 Å². The van der Waals surface area contributed by atoms with E-state index in [2.05, 4.69) is 5.32 Å². The summed E-state index contributed by atoms with van der Waals surface area (Å²) in [7, 11) is 0. The molecule has 1 saturated heterocycles. The van der Waals surface area contributed by atoms with Gasteiger partial charge in [-0.25, -0.2) is 9.18 Å². The summed E-state index contributed by atoms with van der Waals surface area (Å²) in [6, 6.07) is 1.11. The first-order chi connectivity index (χ1) is 13.8. The number of carboxylic acid groups (broad SMARTS) is 1. The van der Waals surface area contributed by atoms with Gasteiger partial charge in [0, 0.05) is 31.9 Å². The van der Waals surface area contributed by atoms with Crippen molar-refractivity contribution in [1.82, 2.24) is 9.88 Å². The molecule has 30 heavy (non-hydrogen) atoms. The normalized spacial score (nSPS) is 21.1. The number of β-amino-alcohol motifs (C(OH)–C–C–N with tert-alkyl or cyclic N) is 1. The number of aromatic nitrogens is 1. The van der Waals surface area contributed by atoms with E-state index < -0.39 is 28.4 Å². The first-order valence-corrected chi connectivity index (χ1v) is 10.1. The Kier molecular flexibility index (Phi) is 6.34. The van der Waals surface area contributed by atoms with E-state index in [0.29, 0.717) is 31.6 Å². The fraction of sp³-hybridized carbons (Fsp3) is 0.500. The molecule has 10 heteroatoms. The summed E-state index contributed by atoms with van der Waals surface area (Å²) in [6.45, 7) is 3.68. The number of carbonyl (C=O) groups is 1. The molecule has 0 spiro atoms. The number of anilines is 1. The average Bonchev–Trinajstić information content (AvgIpc) is 3.44. The maximum absolute atomic E-state index is 15.1. The van der Waals surface area contributed by atoms with Gasteiger partial charge in [-0.05, 0) is 31.9 Å². The van der Waals surface area contributed by atoms with Gasteiger partial charge in [0.2, 0.25) is 5.43 Å². The van der Waals surface area contributed by atoms with E-state index in [1.54, 1.807) is 9.47 Å². The molecule has 3 N–H and O–H groups in total. The second-order valence-electron chi connectivity index (χ2n) is 7.91. The Morgan fingerprint density at radius 1 is 1.43 bits per heavy atom. The molecule has 1 unspecified atom stereocenters. The van der Waals surface area contributed by atoms with Crippen molar-refractivity contribution >= 4 is 46.6 Å². The summed E-state index contributed by atoms with van der Waals surface area (Å²) in [4.78, 5) is 25.8. The van der Waals surface area contributed by atoms with Crippen LogP contribution in [0.15, 0.2) is 17.1 Å². The fourth-order valence-corrected chi connectivity index (χ4v) is 4.47. The van der Waals surface area contributed by atoms with Crippen molar-refractivity contribution in [1.29, 1.82) is 0 Å². The quantitative estimate of drug-likeness (QED) is 0.614. The maximum Gasteiger partial charge on any atom is 0.341 e. The van der Waals surface area contributed by atoms with Crippen LogP contribution in [0.2, 0.25) is 5.02 Å². The molecule has 1 saturated carbocycles. The van der Waals surface area contributed by atoms with Crippen molar-refractivity contribution < 1.29 is 19.4 Å². The van der Waals surface area contributed by atoms with E-state index in [9.17, 15) is 19.8 Å². The molecule has 0 radical (unpaired) electrons. The monoisotopic (exact) mass is 459 g/mol. The van der Waals surface area contributed by atoms with E-state index in [1.807, 2.05) is 6.92 Å². The fourth-order valence-electron chi connectivity index (χ4n) is 4.06. The number of halogens is 3. The van der Waals surface area contributed by atoms with Gasteiger partial charge in [0.25, 0.3) is 0 Å². The Morgan fingerprint density at radius 3 is 2.73 bits per heavy atom. The van der Waals surface area contributed by atoms with Crippen LogP contribution in [0.5, 0.6) is 0 Å². The van der Waals surface area contributed by atoms with E-state index in [-0.39, 0.29) is 41.1 Å². The smallest absolute Gasteiger partial charge is 0.341 e. The molecule has 2 fully saturated rings. The molecule has 1 atom stereocenters. The van der Waals surface area contributed by atoms with Gasteiger partial charge < -0.3 is 25.0 Å². The van der Waals surface area contributed by atoms with Crippen LogP contribution in [-0.4, -0.2) is 52.5 Å². The minimum absolute atomic E-state index is 0. The number of likely N-dealkylation sites (N-methyl/N-ethyl adjacent to an activating group) is 1. The second-order valence-corrected chi connectivity index (χ2v) is 8.29. The largest absolute Gasteiger partial charge is 0.477 e. The number of aliphatic hydroxyl groups is 1. The lowest BCUT2D eigenvalue weighted by Gasteiger charge is -2.26. The van der Waals surface area contributed by atoms with Crippen molar-refractivity contribution in [2.45, 2.75) is 37.8 Å². The lowest BCUT2D eigenvalue weighted by Crippen LogP contribution is -2.43. The number of carboxylic acids is 1. The van der Waals surface area contributed by atoms with Crippen LogP contribution in [0.1, 0.15) is 42.6 Å². The molecule has 7 nitrogen and oxygen atoms in total. The molecule has 1 aromatic carbocycles. The molecule has 0 amide bonds. The Bertz CT molecular complexity index is 1060. The summed E-state index contributed by atoms with van der Waals surface area (Å²) in [6.07, 6.45) is 3.45. The maximum atomic E-state index is 15.1. The zero-order valence-electron chi connectivity index (χ0n) is 16.5. The van der Waals surface area contributed by atoms with Gasteiger partial charge in [-0.15, -0.1) is 12.4 Å². The van der Waals surface area contributed by atoms with Crippen LogP contribution in [0, 0.1) is 5.82 Å². The third kappa shape index (κ3) is 3.89. The third-order valence-corrected chi connectivity index (χ3v) is 6.07. The van der Waals surface area contributed by atoms with Crippen LogP contribution in [0.4, 0.5) is 10.1 Å². The molecule has 1 aliphatic carbocycles. The van der Waals surface area contributed by atoms with Gasteiger partial charge in [-0.3, -0.25) is 4.79 Å². The van der Waals surface area contributed by atoms with Crippen LogP contribution < -0.4 is 15.6 Å². The summed E-state index contributed by atoms with van der Waals surface area (Å²) in [5.74, 6) is -2.04. The van der Waals surface area contributed by atoms with Crippen molar-refractivity contribution in [3.05, 3.63) is 38.9 Å². The highest BCUT2D eigenvalue weighted by atomic mass is 35.5. The predicted octanol–water partition coefficient (Wildman–Crippen LogP) is 2.80. The summed E-state index contributed by atoms with van der Waals surface area (Å²) >= 11 is 6.62. The van der Waals surface area contributed by atoms with Gasteiger partial charge in [-0.2, -0.15) is 0 Å². The number of rotatable bonds is 6. The molecule has 0 bridgehead atoms. The Morgan fingerprint density at radius 2 is 2.13 bits per heavy atom. The molecule has 2 aliphatic rings. The Labute approximate surface area is 183 Å². The SMILES string of the molecule is CCNCC1(O)CCN(c2c(F)cc3c(=O)c(C(=O)O)cn(C4CC4)c3c2Cl)C1.Cl. The second kappa shape index (κ2) is 8.34. The zero-order valence-corrected chi connectivity index (χ0v) is 18.0. The van der Waals surface area contributed by atoms with Gasteiger partial charge in [0.1, 0.15) is 11.4 Å². The van der Waals surface area contributed by atoms with Crippen LogP contribution in [0.3, 0.4) is 0 Å². The number of hydrogen-bond acceptors (Lipinski definition) is 5. The standard InChI is InChI=1S/C20H23ClFN3O4.ClH/c1-2-23-9-20(29)5-6-24(10-20)17-14(22)7-12-16(15(17)21)25(11-3-4-11)8-13(18(12)26)19(27)28;/h7-8,11,23,29H,2-6,9-10H2,1H3,(H,27,28);1H. The lowest BCUT2D eigenvalue weighted by atomic mass is 10.0. The molecular formula is C20H24Cl2FN3O4. The van der Waals surface area contributed by atoms with Gasteiger partial charge in [0.15, 0.2) is 0 Å². The van der Waals surface area contributed by atoms with Crippen molar-refractivity contribution in [2.75, 3.05) is 31.1 Å². The first-order valence-electron chi connectivity index (χ1n) is 9.74. The molecule has 2 heterocycles. The van der Waals surface area contributed by atoms with E-state index in [1.165, 1.54) is 6.20 Å². The molecule has 4 rings (SSSR count). The van der Waals surface area contributed by atoms with Crippen LogP contribution in [0.25, 0.3) is 10.9 Å². The summed E-state index contributed by atoms with van der Waals surface area (Å²) in [5.41, 5.74) is -1.65. The topological polar surface area (TPSA) is 94.8 Å². The lowest BCUT2D eigenvalue weighted by molar-refractivity contribution is 0.0635. The minimum atomic E-state index is -1.35. The minimum Gasteiger partial charge on any atom is -0.477 e. The van der Waals surface area contributed by atoms with Crippen molar-refractivity contribution in [2.24, 2.45) is 0 Å². The average molecular weight is 460 g/mol. The molecule has 2 aromatic rings. The van der Waals surface area contributed by atoms with E-state index in [0.717, 1.165) is 18.9 Å². The highest BCUT2D eigenvalue weighted by Gasteiger charge is 2.38. The van der Waals surface area contributed by atoms with Crippen molar-refractivity contribution in [3.8, 4) is 0 Å². The number of fused-ring (bicyclic) bond motifs is 1. The molecule has 164 valence electrons. The number of aromatic carboxylic acids is 1. The highest BCUT2D eigenvalue weighted by molar-refractivity contribution is 6.38. The van der Waals surface area contributed by atoms with Gasteiger partial charge in [0.05, 0.1) is 27.2 Å². The van der Waals surface area contributed by atoms with Crippen molar-refractivity contribution in [3.63, 3.8) is 0 Å². The number of pyridine rings is 1. The Balaban J connectivity index is 0.00000256. The number of nitrogens with zero attached hydrogens (tertiary/aromatic N) is 2. The van der Waals surface area contributed by atoms with E-state index >= 15 is 4.39 Å².